The van der Waals surface area contributed by atoms with E-state index in [1.165, 1.54) is 24.4 Å². The molecule has 2 aromatic carbocycles. The normalized spacial score (nSPS) is 10.3. The maximum atomic E-state index is 13.6. The Morgan fingerprint density at radius 1 is 0.852 bits per heavy atom. The summed E-state index contributed by atoms with van der Waals surface area (Å²) >= 11 is 0. The first-order chi connectivity index (χ1) is 13.1. The van der Waals surface area contributed by atoms with Crippen LogP contribution < -0.4 is 10.6 Å². The van der Waals surface area contributed by atoms with Crippen molar-refractivity contribution >= 4 is 11.8 Å². The average molecular weight is 363 g/mol. The summed E-state index contributed by atoms with van der Waals surface area (Å²) in [6.45, 7) is 0.425. The third kappa shape index (κ3) is 4.98. The van der Waals surface area contributed by atoms with Gasteiger partial charge in [-0.25, -0.2) is 4.39 Å². The summed E-state index contributed by atoms with van der Waals surface area (Å²) in [6.07, 6.45) is 1.40. The Kier molecular flexibility index (Phi) is 5.89. The molecule has 0 aliphatic rings. The lowest BCUT2D eigenvalue weighted by Gasteiger charge is -2.08. The van der Waals surface area contributed by atoms with Gasteiger partial charge in [-0.3, -0.25) is 14.6 Å². The molecule has 0 aliphatic heterocycles. The monoisotopic (exact) mass is 363 g/mol. The fourth-order valence-electron chi connectivity index (χ4n) is 2.48. The van der Waals surface area contributed by atoms with Crippen LogP contribution in [0.25, 0.3) is 0 Å². The van der Waals surface area contributed by atoms with Crippen molar-refractivity contribution in [3.63, 3.8) is 0 Å². The summed E-state index contributed by atoms with van der Waals surface area (Å²) in [5.74, 6) is -1.16. The van der Waals surface area contributed by atoms with E-state index in [1.54, 1.807) is 18.2 Å². The van der Waals surface area contributed by atoms with Crippen LogP contribution in [0, 0.1) is 5.82 Å². The molecule has 3 aromatic rings. The summed E-state index contributed by atoms with van der Waals surface area (Å²) in [5, 5.41) is 5.41. The molecule has 5 nitrogen and oxygen atoms in total. The van der Waals surface area contributed by atoms with Crippen molar-refractivity contribution in [3.8, 4) is 0 Å². The number of amides is 2. The zero-order valence-corrected chi connectivity index (χ0v) is 14.5. The molecular formula is C21H18FN3O2. The van der Waals surface area contributed by atoms with Gasteiger partial charge in [0, 0.05) is 30.4 Å². The Balaban J connectivity index is 1.61. The van der Waals surface area contributed by atoms with Crippen LogP contribution in [0.1, 0.15) is 32.0 Å². The molecule has 0 spiro atoms. The predicted molar refractivity (Wildman–Crippen MR) is 99.4 cm³/mol. The van der Waals surface area contributed by atoms with E-state index in [-0.39, 0.29) is 29.5 Å². The van der Waals surface area contributed by atoms with E-state index in [1.807, 2.05) is 30.3 Å². The third-order valence-electron chi connectivity index (χ3n) is 3.95. The minimum absolute atomic E-state index is 0.0589. The van der Waals surface area contributed by atoms with Gasteiger partial charge in [-0.15, -0.1) is 0 Å². The zero-order chi connectivity index (χ0) is 19.1. The quantitative estimate of drug-likeness (QED) is 0.707. The molecule has 0 radical (unpaired) electrons. The van der Waals surface area contributed by atoms with Crippen LogP contribution in [0.2, 0.25) is 0 Å². The first kappa shape index (κ1) is 18.3. The highest BCUT2D eigenvalue weighted by molar-refractivity contribution is 5.98. The molecule has 0 unspecified atom stereocenters. The lowest BCUT2D eigenvalue weighted by molar-refractivity contribution is 0.0946. The van der Waals surface area contributed by atoms with Crippen molar-refractivity contribution in [1.29, 1.82) is 0 Å². The number of carbonyl (C=O) groups excluding carboxylic acids is 2. The maximum absolute atomic E-state index is 13.6. The summed E-state index contributed by atoms with van der Waals surface area (Å²) in [5.41, 5.74) is 1.78. The Morgan fingerprint density at radius 2 is 1.56 bits per heavy atom. The molecule has 1 heterocycles. The summed E-state index contributed by atoms with van der Waals surface area (Å²) < 4.78 is 13.6. The Hall–Kier alpha value is -3.54. The number of nitrogens with one attached hydrogen (secondary N) is 2. The highest BCUT2D eigenvalue weighted by atomic mass is 19.1. The number of carbonyl (C=O) groups is 2. The molecule has 0 saturated carbocycles. The van der Waals surface area contributed by atoms with Crippen LogP contribution in [0.3, 0.4) is 0 Å². The van der Waals surface area contributed by atoms with Gasteiger partial charge in [0.1, 0.15) is 11.5 Å². The summed E-state index contributed by atoms with van der Waals surface area (Å²) in [7, 11) is 0. The van der Waals surface area contributed by atoms with Gasteiger partial charge in [0.25, 0.3) is 11.8 Å². The van der Waals surface area contributed by atoms with Crippen molar-refractivity contribution in [2.24, 2.45) is 0 Å². The second-order valence-corrected chi connectivity index (χ2v) is 5.87. The number of halogens is 1. The van der Waals surface area contributed by atoms with Crippen molar-refractivity contribution in [2.45, 2.75) is 13.1 Å². The highest BCUT2D eigenvalue weighted by Gasteiger charge is 2.12. The fourth-order valence-corrected chi connectivity index (χ4v) is 2.48. The van der Waals surface area contributed by atoms with E-state index in [0.717, 1.165) is 5.56 Å². The largest absolute Gasteiger partial charge is 0.348 e. The van der Waals surface area contributed by atoms with Crippen LogP contribution in [0.15, 0.2) is 72.9 Å². The van der Waals surface area contributed by atoms with Crippen LogP contribution >= 0.6 is 0 Å². The molecule has 1 aromatic heterocycles. The molecule has 2 N–H and O–H groups in total. The smallest absolute Gasteiger partial charge is 0.270 e. The molecule has 3 rings (SSSR count). The summed E-state index contributed by atoms with van der Waals surface area (Å²) in [6, 6.07) is 18.6. The maximum Gasteiger partial charge on any atom is 0.270 e. The van der Waals surface area contributed by atoms with Crippen molar-refractivity contribution in [2.75, 3.05) is 0 Å². The molecule has 2 amide bonds. The van der Waals surface area contributed by atoms with E-state index >= 15 is 0 Å². The van der Waals surface area contributed by atoms with Crippen LogP contribution in [0.5, 0.6) is 0 Å². The van der Waals surface area contributed by atoms with E-state index in [4.69, 9.17) is 0 Å². The van der Waals surface area contributed by atoms with Crippen molar-refractivity contribution in [3.05, 3.63) is 101 Å². The van der Waals surface area contributed by atoms with Crippen molar-refractivity contribution in [1.82, 2.24) is 15.6 Å². The molecule has 0 bridgehead atoms. The number of pyridine rings is 1. The van der Waals surface area contributed by atoms with Gasteiger partial charge < -0.3 is 10.6 Å². The second-order valence-electron chi connectivity index (χ2n) is 5.87. The van der Waals surface area contributed by atoms with Crippen LogP contribution in [0.4, 0.5) is 4.39 Å². The van der Waals surface area contributed by atoms with Gasteiger partial charge in [0.05, 0.1) is 0 Å². The topological polar surface area (TPSA) is 71.1 Å². The lowest BCUT2D eigenvalue weighted by atomic mass is 10.1. The summed E-state index contributed by atoms with van der Waals surface area (Å²) in [4.78, 5) is 28.6. The van der Waals surface area contributed by atoms with E-state index in [0.29, 0.717) is 12.1 Å². The molecule has 0 saturated heterocycles. The molecule has 6 heteroatoms. The molecule has 0 atom stereocenters. The van der Waals surface area contributed by atoms with Gasteiger partial charge >= 0.3 is 0 Å². The first-order valence-corrected chi connectivity index (χ1v) is 8.43. The predicted octanol–water partition coefficient (Wildman–Crippen LogP) is 3.08. The van der Waals surface area contributed by atoms with Gasteiger partial charge in [-0.2, -0.15) is 0 Å². The van der Waals surface area contributed by atoms with Gasteiger partial charge in [-0.05, 0) is 23.8 Å². The molecule has 136 valence electrons. The minimum atomic E-state index is -0.405. The Bertz CT molecular complexity index is 945. The first-order valence-electron chi connectivity index (χ1n) is 8.43. The Morgan fingerprint density at radius 3 is 2.33 bits per heavy atom. The van der Waals surface area contributed by atoms with Crippen LogP contribution in [-0.4, -0.2) is 16.8 Å². The SMILES string of the molecule is O=C(NCc1ccccc1F)c1ccnc(C(=O)NCc2ccccc2)c1. The second kappa shape index (κ2) is 8.71. The van der Waals surface area contributed by atoms with Gasteiger partial charge in [0.2, 0.25) is 0 Å². The molecule has 27 heavy (non-hydrogen) atoms. The number of benzene rings is 2. The standard InChI is InChI=1S/C21H18FN3O2/c22-18-9-5-4-8-17(18)14-25-20(26)16-10-11-23-19(12-16)21(27)24-13-15-6-2-1-3-7-15/h1-12H,13-14H2,(H,24,27)(H,25,26). The van der Waals surface area contributed by atoms with E-state index in [2.05, 4.69) is 15.6 Å². The number of aromatic nitrogens is 1. The molecule has 0 aliphatic carbocycles. The van der Waals surface area contributed by atoms with Gasteiger partial charge in [-0.1, -0.05) is 48.5 Å². The van der Waals surface area contributed by atoms with Gasteiger partial charge in [0.15, 0.2) is 0 Å². The average Bonchev–Trinajstić information content (AvgIpc) is 2.72. The third-order valence-corrected chi connectivity index (χ3v) is 3.95. The highest BCUT2D eigenvalue weighted by Crippen LogP contribution is 2.07. The zero-order valence-electron chi connectivity index (χ0n) is 14.5. The van der Waals surface area contributed by atoms with Crippen molar-refractivity contribution < 1.29 is 14.0 Å². The number of nitrogens with zero attached hydrogens (tertiary/aromatic N) is 1. The number of hydrogen-bond donors (Lipinski definition) is 2. The van der Waals surface area contributed by atoms with E-state index < -0.39 is 5.91 Å². The minimum Gasteiger partial charge on any atom is -0.348 e. The number of hydrogen-bond acceptors (Lipinski definition) is 3. The fraction of sp³-hybridized carbons (Fsp3) is 0.0952. The molecular weight excluding hydrogens is 345 g/mol. The Labute approximate surface area is 156 Å². The lowest BCUT2D eigenvalue weighted by Crippen LogP contribution is -2.26. The number of rotatable bonds is 6. The van der Waals surface area contributed by atoms with Crippen LogP contribution in [-0.2, 0) is 13.1 Å². The van der Waals surface area contributed by atoms with E-state index in [9.17, 15) is 14.0 Å². The molecule has 0 fully saturated rings.